The van der Waals surface area contributed by atoms with Crippen molar-refractivity contribution in [1.29, 1.82) is 0 Å². The zero-order valence-corrected chi connectivity index (χ0v) is 14.8. The lowest BCUT2D eigenvalue weighted by atomic mass is 10.0. The molecule has 3 N–H and O–H groups in total. The number of carbonyl (C=O) groups is 1. The number of ether oxygens (including phenoxy) is 1. The van der Waals surface area contributed by atoms with Crippen molar-refractivity contribution in [2.24, 2.45) is 0 Å². The molecule has 1 fully saturated rings. The van der Waals surface area contributed by atoms with Crippen LogP contribution in [0.3, 0.4) is 0 Å². The van der Waals surface area contributed by atoms with E-state index in [0.29, 0.717) is 19.4 Å². The summed E-state index contributed by atoms with van der Waals surface area (Å²) in [4.78, 5) is 22.2. The number of amides is 1. The van der Waals surface area contributed by atoms with Crippen LogP contribution in [-0.2, 0) is 4.74 Å². The number of aromatic nitrogens is 2. The number of rotatable bonds is 6. The molecule has 0 unspecified atom stereocenters. The topological polar surface area (TPSA) is 102 Å². The van der Waals surface area contributed by atoms with Crippen LogP contribution in [0.1, 0.15) is 37.8 Å². The molecule has 7 heteroatoms. The van der Waals surface area contributed by atoms with E-state index in [1.54, 1.807) is 11.1 Å². The summed E-state index contributed by atoms with van der Waals surface area (Å²) < 4.78 is 5.49. The van der Waals surface area contributed by atoms with E-state index in [2.05, 4.69) is 9.97 Å². The molecule has 1 saturated heterocycles. The second-order valence-corrected chi connectivity index (χ2v) is 6.45. The van der Waals surface area contributed by atoms with Gasteiger partial charge in [-0.3, -0.25) is 0 Å². The van der Waals surface area contributed by atoms with Crippen molar-refractivity contribution >= 4 is 12.0 Å². The quantitative estimate of drug-likeness (QED) is 0.825. The number of carbonyl (C=O) groups excluding carboxylic acids is 1. The Labute approximate surface area is 152 Å². The number of aliphatic hydroxyl groups excluding tert-OH is 1. The molecule has 1 aliphatic rings. The first-order valence-corrected chi connectivity index (χ1v) is 8.85. The number of hydrogen-bond acceptors (Lipinski definition) is 6. The lowest BCUT2D eigenvalue weighted by Crippen LogP contribution is -2.43. The zero-order chi connectivity index (χ0) is 18.5. The van der Waals surface area contributed by atoms with Crippen molar-refractivity contribution in [2.45, 2.75) is 38.3 Å². The summed E-state index contributed by atoms with van der Waals surface area (Å²) in [6.07, 6.45) is 3.39. The van der Waals surface area contributed by atoms with E-state index in [0.717, 1.165) is 23.2 Å². The monoisotopic (exact) mass is 356 g/mol. The summed E-state index contributed by atoms with van der Waals surface area (Å²) in [6, 6.07) is 9.64. The molecular weight excluding hydrogens is 332 g/mol. The van der Waals surface area contributed by atoms with Crippen LogP contribution in [0.25, 0.3) is 11.3 Å². The Morgan fingerprint density at radius 2 is 2.12 bits per heavy atom. The van der Waals surface area contributed by atoms with Gasteiger partial charge >= 0.3 is 6.09 Å². The first-order valence-electron chi connectivity index (χ1n) is 8.85. The number of aliphatic hydroxyl groups is 1. The molecule has 1 amide bonds. The predicted molar refractivity (Wildman–Crippen MR) is 98.2 cm³/mol. The molecule has 138 valence electrons. The largest absolute Gasteiger partial charge is 0.446 e. The number of benzene rings is 1. The highest BCUT2D eigenvalue weighted by molar-refractivity contribution is 5.69. The van der Waals surface area contributed by atoms with Crippen LogP contribution in [0.15, 0.2) is 36.5 Å². The van der Waals surface area contributed by atoms with Gasteiger partial charge in [0.1, 0.15) is 6.10 Å². The van der Waals surface area contributed by atoms with E-state index in [-0.39, 0.29) is 30.8 Å². The molecule has 0 bridgehead atoms. The molecule has 0 aliphatic carbocycles. The number of cyclic esters (lactones) is 1. The van der Waals surface area contributed by atoms with Gasteiger partial charge in [0.25, 0.3) is 0 Å². The van der Waals surface area contributed by atoms with Crippen molar-refractivity contribution in [2.75, 3.05) is 18.9 Å². The normalized spacial score (nSPS) is 18.5. The summed E-state index contributed by atoms with van der Waals surface area (Å²) in [5.74, 6) is 0.242. The van der Waals surface area contributed by atoms with Gasteiger partial charge in [-0.15, -0.1) is 0 Å². The third kappa shape index (κ3) is 4.11. The highest BCUT2D eigenvalue weighted by Gasteiger charge is 2.30. The molecule has 2 aromatic rings. The molecule has 3 rings (SSSR count). The Kier molecular flexibility index (Phi) is 5.68. The number of nitrogens with zero attached hydrogens (tertiary/aromatic N) is 3. The van der Waals surface area contributed by atoms with Crippen LogP contribution in [0.4, 0.5) is 10.7 Å². The number of nitrogen functional groups attached to an aromatic ring is 1. The molecule has 0 spiro atoms. The molecule has 7 nitrogen and oxygen atoms in total. The van der Waals surface area contributed by atoms with E-state index in [1.807, 2.05) is 37.3 Å². The molecule has 1 aliphatic heterocycles. The van der Waals surface area contributed by atoms with Gasteiger partial charge in [0.2, 0.25) is 5.95 Å². The summed E-state index contributed by atoms with van der Waals surface area (Å²) in [5, 5.41) is 8.91. The third-order valence-electron chi connectivity index (χ3n) is 4.71. The smallest absolute Gasteiger partial charge is 0.410 e. The van der Waals surface area contributed by atoms with Crippen LogP contribution in [0.5, 0.6) is 0 Å². The minimum atomic E-state index is -0.292. The van der Waals surface area contributed by atoms with Crippen LogP contribution in [-0.4, -0.2) is 45.3 Å². The van der Waals surface area contributed by atoms with Crippen molar-refractivity contribution in [1.82, 2.24) is 14.9 Å². The minimum Gasteiger partial charge on any atom is -0.446 e. The Morgan fingerprint density at radius 1 is 1.35 bits per heavy atom. The fourth-order valence-electron chi connectivity index (χ4n) is 3.16. The fraction of sp³-hybridized carbons (Fsp3) is 0.421. The maximum absolute atomic E-state index is 12.3. The second-order valence-electron chi connectivity index (χ2n) is 6.45. The lowest BCUT2D eigenvalue weighted by molar-refractivity contribution is 0.00760. The Bertz CT molecular complexity index is 751. The van der Waals surface area contributed by atoms with Crippen molar-refractivity contribution in [3.8, 4) is 11.3 Å². The van der Waals surface area contributed by atoms with Gasteiger partial charge in [0.05, 0.1) is 11.7 Å². The second kappa shape index (κ2) is 8.14. The minimum absolute atomic E-state index is 0.0780. The van der Waals surface area contributed by atoms with E-state index in [1.165, 1.54) is 0 Å². The van der Waals surface area contributed by atoms with Crippen LogP contribution in [0, 0.1) is 0 Å². The van der Waals surface area contributed by atoms with E-state index in [4.69, 9.17) is 15.6 Å². The van der Waals surface area contributed by atoms with Crippen molar-refractivity contribution in [3.05, 3.63) is 42.1 Å². The summed E-state index contributed by atoms with van der Waals surface area (Å²) in [7, 11) is 0. The fourth-order valence-corrected chi connectivity index (χ4v) is 3.16. The highest BCUT2D eigenvalue weighted by Crippen LogP contribution is 2.28. The predicted octanol–water partition coefficient (Wildman–Crippen LogP) is 2.77. The first kappa shape index (κ1) is 18.1. The Hall–Kier alpha value is -2.67. The standard InChI is InChI=1S/C19H24N4O3/c1-13(23-11-9-16(3-2-12-24)26-19(23)25)14-4-6-15(7-5-14)17-8-10-21-18(20)22-17/h4-8,10,13,16,24H,2-3,9,11-12H2,1H3,(H2,20,21,22)/t13-,16+/m0/s1. The number of nitrogens with two attached hydrogens (primary N) is 1. The summed E-state index contributed by atoms with van der Waals surface area (Å²) >= 11 is 0. The SMILES string of the molecule is C[C@@H](c1ccc(-c2ccnc(N)n2)cc1)N1CC[C@@H](CCCO)OC1=O. The average molecular weight is 356 g/mol. The first-order chi connectivity index (χ1) is 12.6. The van der Waals surface area contributed by atoms with Crippen molar-refractivity contribution < 1.29 is 14.6 Å². The molecular formula is C19H24N4O3. The summed E-state index contributed by atoms with van der Waals surface area (Å²) in [5.41, 5.74) is 8.37. The molecule has 0 radical (unpaired) electrons. The molecule has 2 atom stereocenters. The highest BCUT2D eigenvalue weighted by atomic mass is 16.6. The van der Waals surface area contributed by atoms with Gasteiger partial charge < -0.3 is 20.5 Å². The maximum Gasteiger partial charge on any atom is 0.410 e. The lowest BCUT2D eigenvalue weighted by Gasteiger charge is -2.35. The Balaban J connectivity index is 1.67. The van der Waals surface area contributed by atoms with Crippen LogP contribution >= 0.6 is 0 Å². The number of anilines is 1. The van der Waals surface area contributed by atoms with Crippen molar-refractivity contribution in [3.63, 3.8) is 0 Å². The van der Waals surface area contributed by atoms with Gasteiger partial charge in [-0.1, -0.05) is 24.3 Å². The van der Waals surface area contributed by atoms with Crippen LogP contribution in [0.2, 0.25) is 0 Å². The number of hydrogen-bond donors (Lipinski definition) is 2. The van der Waals surface area contributed by atoms with Gasteiger partial charge in [0.15, 0.2) is 0 Å². The van der Waals surface area contributed by atoms with Gasteiger partial charge in [0, 0.05) is 31.3 Å². The van der Waals surface area contributed by atoms with Gasteiger partial charge in [-0.05, 0) is 31.4 Å². The van der Waals surface area contributed by atoms with E-state index in [9.17, 15) is 4.79 Å². The molecule has 2 heterocycles. The third-order valence-corrected chi connectivity index (χ3v) is 4.71. The summed E-state index contributed by atoms with van der Waals surface area (Å²) in [6.45, 7) is 2.77. The van der Waals surface area contributed by atoms with Gasteiger partial charge in [-0.25, -0.2) is 14.8 Å². The van der Waals surface area contributed by atoms with E-state index < -0.39 is 0 Å². The molecule has 1 aromatic carbocycles. The van der Waals surface area contributed by atoms with Crippen LogP contribution < -0.4 is 5.73 Å². The molecule has 1 aromatic heterocycles. The van der Waals surface area contributed by atoms with Gasteiger partial charge in [-0.2, -0.15) is 0 Å². The average Bonchev–Trinajstić information content (AvgIpc) is 2.66. The maximum atomic E-state index is 12.3. The Morgan fingerprint density at radius 3 is 2.77 bits per heavy atom. The zero-order valence-electron chi connectivity index (χ0n) is 14.8. The molecule has 0 saturated carbocycles. The van der Waals surface area contributed by atoms with E-state index >= 15 is 0 Å². The molecule has 26 heavy (non-hydrogen) atoms.